The average Bonchev–Trinajstić information content (AvgIpc) is 2.60. The zero-order valence-corrected chi connectivity index (χ0v) is 8.45. The van der Waals surface area contributed by atoms with Crippen LogP contribution in [0.25, 0.3) is 0 Å². The quantitative estimate of drug-likeness (QED) is 0.536. The summed E-state index contributed by atoms with van der Waals surface area (Å²) in [5, 5.41) is 9.79. The third-order valence-corrected chi connectivity index (χ3v) is 3.42. The highest BCUT2D eigenvalue weighted by atomic mass is 16.6. The second kappa shape index (κ2) is 3.09. The van der Waals surface area contributed by atoms with Crippen LogP contribution in [0.2, 0.25) is 0 Å². The fraction of sp³-hybridized carbons (Fsp3) is 0.727. The standard InChI is InChI=1S/C11H16O3/c1-7(2)10(13)14-11-4-3-8(6-11)5-9(11)12/h8-9,12H,1,3-6H2,2H3. The molecule has 0 aromatic heterocycles. The molecular weight excluding hydrogens is 180 g/mol. The summed E-state index contributed by atoms with van der Waals surface area (Å²) in [5.74, 6) is 0.175. The maximum atomic E-state index is 11.4. The number of aliphatic hydroxyl groups excluding tert-OH is 1. The molecule has 0 amide bonds. The summed E-state index contributed by atoms with van der Waals surface area (Å²) in [4.78, 5) is 11.4. The number of esters is 1. The summed E-state index contributed by atoms with van der Waals surface area (Å²) < 4.78 is 5.38. The van der Waals surface area contributed by atoms with Gasteiger partial charge in [0.15, 0.2) is 0 Å². The van der Waals surface area contributed by atoms with Crippen LogP contribution in [0.15, 0.2) is 12.2 Å². The van der Waals surface area contributed by atoms with Crippen molar-refractivity contribution < 1.29 is 14.6 Å². The largest absolute Gasteiger partial charge is 0.453 e. The molecule has 3 unspecified atom stereocenters. The minimum Gasteiger partial charge on any atom is -0.453 e. The Hall–Kier alpha value is -0.830. The van der Waals surface area contributed by atoms with E-state index < -0.39 is 11.7 Å². The van der Waals surface area contributed by atoms with Gasteiger partial charge >= 0.3 is 5.97 Å². The molecule has 14 heavy (non-hydrogen) atoms. The van der Waals surface area contributed by atoms with Gasteiger partial charge < -0.3 is 9.84 Å². The van der Waals surface area contributed by atoms with E-state index in [4.69, 9.17) is 4.74 Å². The molecule has 2 aliphatic rings. The topological polar surface area (TPSA) is 46.5 Å². The Balaban J connectivity index is 2.09. The number of ether oxygens (including phenoxy) is 1. The van der Waals surface area contributed by atoms with Crippen molar-refractivity contribution in [3.8, 4) is 0 Å². The number of rotatable bonds is 2. The highest BCUT2D eigenvalue weighted by Gasteiger charge is 2.54. The summed E-state index contributed by atoms with van der Waals surface area (Å²) in [7, 11) is 0. The molecule has 78 valence electrons. The fourth-order valence-corrected chi connectivity index (χ4v) is 2.61. The Bertz CT molecular complexity index is 284. The fourth-order valence-electron chi connectivity index (χ4n) is 2.61. The number of hydrogen-bond acceptors (Lipinski definition) is 3. The second-order valence-corrected chi connectivity index (χ2v) is 4.59. The second-order valence-electron chi connectivity index (χ2n) is 4.59. The first-order valence-electron chi connectivity index (χ1n) is 5.10. The van der Waals surface area contributed by atoms with Gasteiger partial charge in [-0.15, -0.1) is 0 Å². The van der Waals surface area contributed by atoms with E-state index in [-0.39, 0.29) is 5.97 Å². The molecule has 0 aromatic rings. The first-order chi connectivity index (χ1) is 6.53. The smallest absolute Gasteiger partial charge is 0.333 e. The summed E-state index contributed by atoms with van der Waals surface area (Å²) >= 11 is 0. The third-order valence-electron chi connectivity index (χ3n) is 3.42. The SMILES string of the molecule is C=C(C)C(=O)OC12CCC(CC1O)C2. The van der Waals surface area contributed by atoms with E-state index >= 15 is 0 Å². The zero-order chi connectivity index (χ0) is 10.3. The van der Waals surface area contributed by atoms with Crippen LogP contribution in [0.3, 0.4) is 0 Å². The first-order valence-corrected chi connectivity index (χ1v) is 5.10. The Morgan fingerprint density at radius 1 is 1.64 bits per heavy atom. The molecule has 0 heterocycles. The van der Waals surface area contributed by atoms with Crippen LogP contribution in [0.5, 0.6) is 0 Å². The number of carbonyl (C=O) groups excluding carboxylic acids is 1. The van der Waals surface area contributed by atoms with Gasteiger partial charge in [-0.25, -0.2) is 4.79 Å². The lowest BCUT2D eigenvalue weighted by molar-refractivity contribution is -0.164. The van der Waals surface area contributed by atoms with E-state index in [1.165, 1.54) is 0 Å². The predicted molar refractivity (Wildman–Crippen MR) is 51.6 cm³/mol. The summed E-state index contributed by atoms with van der Waals surface area (Å²) in [6, 6.07) is 0. The number of carbonyl (C=O) groups is 1. The van der Waals surface area contributed by atoms with Crippen molar-refractivity contribution in [3.05, 3.63) is 12.2 Å². The van der Waals surface area contributed by atoms with Crippen molar-refractivity contribution in [3.63, 3.8) is 0 Å². The van der Waals surface area contributed by atoms with Gasteiger partial charge in [-0.3, -0.25) is 0 Å². The molecule has 2 saturated carbocycles. The molecule has 0 spiro atoms. The average molecular weight is 196 g/mol. The Morgan fingerprint density at radius 3 is 2.79 bits per heavy atom. The molecule has 0 saturated heterocycles. The van der Waals surface area contributed by atoms with E-state index in [1.54, 1.807) is 6.92 Å². The molecule has 1 N–H and O–H groups in total. The Kier molecular flexibility index (Phi) is 2.14. The van der Waals surface area contributed by atoms with Gasteiger partial charge in [-0.05, 0) is 38.5 Å². The zero-order valence-electron chi connectivity index (χ0n) is 8.45. The molecule has 0 radical (unpaired) electrons. The van der Waals surface area contributed by atoms with E-state index in [0.29, 0.717) is 11.5 Å². The summed E-state index contributed by atoms with van der Waals surface area (Å²) in [6.45, 7) is 5.18. The van der Waals surface area contributed by atoms with Crippen LogP contribution in [-0.4, -0.2) is 22.8 Å². The van der Waals surface area contributed by atoms with E-state index in [1.807, 2.05) is 0 Å². The molecule has 2 rings (SSSR count). The number of fused-ring (bicyclic) bond motifs is 2. The van der Waals surface area contributed by atoms with Crippen LogP contribution in [-0.2, 0) is 9.53 Å². The lowest BCUT2D eigenvalue weighted by Crippen LogP contribution is -2.41. The van der Waals surface area contributed by atoms with Crippen LogP contribution in [0.1, 0.15) is 32.6 Å². The maximum absolute atomic E-state index is 11.4. The Morgan fingerprint density at radius 2 is 2.36 bits per heavy atom. The molecule has 2 fully saturated rings. The van der Waals surface area contributed by atoms with E-state index in [0.717, 1.165) is 25.7 Å². The van der Waals surface area contributed by atoms with Crippen molar-refractivity contribution in [2.45, 2.75) is 44.3 Å². The highest BCUT2D eigenvalue weighted by molar-refractivity contribution is 5.87. The highest BCUT2D eigenvalue weighted by Crippen LogP contribution is 2.50. The van der Waals surface area contributed by atoms with Crippen LogP contribution in [0, 0.1) is 5.92 Å². The van der Waals surface area contributed by atoms with Gasteiger partial charge in [-0.2, -0.15) is 0 Å². The van der Waals surface area contributed by atoms with E-state index in [9.17, 15) is 9.90 Å². The molecule has 3 heteroatoms. The molecule has 2 bridgehead atoms. The van der Waals surface area contributed by atoms with Crippen LogP contribution in [0.4, 0.5) is 0 Å². The van der Waals surface area contributed by atoms with Crippen molar-refractivity contribution in [1.82, 2.24) is 0 Å². The van der Waals surface area contributed by atoms with Gasteiger partial charge in [0, 0.05) is 5.57 Å². The summed E-state index contributed by atoms with van der Waals surface area (Å²) in [6.07, 6.45) is 3.01. The minimum atomic E-state index is -0.583. The normalized spacial score (nSPS) is 39.9. The Labute approximate surface area is 83.8 Å². The van der Waals surface area contributed by atoms with Crippen molar-refractivity contribution in [1.29, 1.82) is 0 Å². The molecule has 3 nitrogen and oxygen atoms in total. The number of aliphatic hydroxyl groups is 1. The first kappa shape index (κ1) is 9.71. The molecule has 0 aliphatic heterocycles. The van der Waals surface area contributed by atoms with Gasteiger partial charge in [0.1, 0.15) is 5.60 Å². The lowest BCUT2D eigenvalue weighted by Gasteiger charge is -2.31. The van der Waals surface area contributed by atoms with Gasteiger partial charge in [0.2, 0.25) is 0 Å². The van der Waals surface area contributed by atoms with Crippen molar-refractivity contribution in [2.24, 2.45) is 5.92 Å². The third kappa shape index (κ3) is 1.36. The molecule has 3 atom stereocenters. The number of hydrogen-bond donors (Lipinski definition) is 1. The van der Waals surface area contributed by atoms with Crippen molar-refractivity contribution in [2.75, 3.05) is 0 Å². The summed E-state index contributed by atoms with van der Waals surface area (Å²) in [5.41, 5.74) is -0.178. The monoisotopic (exact) mass is 196 g/mol. The molecule has 0 aromatic carbocycles. The van der Waals surface area contributed by atoms with Crippen LogP contribution < -0.4 is 0 Å². The maximum Gasteiger partial charge on any atom is 0.333 e. The van der Waals surface area contributed by atoms with Crippen molar-refractivity contribution >= 4 is 5.97 Å². The minimum absolute atomic E-state index is 0.369. The molecular formula is C11H16O3. The van der Waals surface area contributed by atoms with Gasteiger partial charge in [0.05, 0.1) is 6.10 Å². The van der Waals surface area contributed by atoms with Gasteiger partial charge in [-0.1, -0.05) is 6.58 Å². The predicted octanol–water partition coefficient (Wildman–Crippen LogP) is 1.41. The molecule has 2 aliphatic carbocycles. The van der Waals surface area contributed by atoms with Gasteiger partial charge in [0.25, 0.3) is 0 Å². The van der Waals surface area contributed by atoms with Crippen LogP contribution >= 0.6 is 0 Å². The lowest BCUT2D eigenvalue weighted by atomic mass is 9.94. The van der Waals surface area contributed by atoms with E-state index in [2.05, 4.69) is 6.58 Å².